The lowest BCUT2D eigenvalue weighted by atomic mass is 10.1. The van der Waals surface area contributed by atoms with Crippen LogP contribution in [0.25, 0.3) is 22.6 Å². The molecule has 1 amide bonds. The van der Waals surface area contributed by atoms with E-state index in [0.717, 1.165) is 43.9 Å². The molecule has 168 valence electrons. The molecule has 0 spiro atoms. The molecule has 32 heavy (non-hydrogen) atoms. The number of likely N-dealkylation sites (N-methyl/N-ethyl adjacent to an activating group) is 1. The van der Waals surface area contributed by atoms with E-state index in [1.54, 1.807) is 13.1 Å². The Kier molecular flexibility index (Phi) is 6.85. The molecule has 1 fully saturated rings. The minimum absolute atomic E-state index is 0.0331. The second kappa shape index (κ2) is 9.96. The minimum Gasteiger partial charge on any atom is -0.436 e. The van der Waals surface area contributed by atoms with Crippen molar-refractivity contribution in [3.8, 4) is 11.5 Å². The number of nitrogens with one attached hydrogen (secondary N) is 1. The average Bonchev–Trinajstić information content (AvgIpc) is 3.26. The van der Waals surface area contributed by atoms with Gasteiger partial charge in [-0.1, -0.05) is 25.1 Å². The lowest BCUT2D eigenvalue weighted by Gasteiger charge is -2.34. The molecule has 1 N–H and O–H groups in total. The summed E-state index contributed by atoms with van der Waals surface area (Å²) in [5.41, 5.74) is 3.80. The Balaban J connectivity index is 1.65. The number of amides is 1. The van der Waals surface area contributed by atoms with Gasteiger partial charge in [0.2, 0.25) is 5.89 Å². The van der Waals surface area contributed by atoms with Crippen molar-refractivity contribution in [3.63, 3.8) is 0 Å². The summed E-state index contributed by atoms with van der Waals surface area (Å²) in [5.74, 6) is 0.402. The van der Waals surface area contributed by atoms with Crippen molar-refractivity contribution < 1.29 is 9.21 Å². The van der Waals surface area contributed by atoms with Crippen LogP contribution in [0.5, 0.6) is 0 Å². The first kappa shape index (κ1) is 22.0. The molecule has 3 aromatic rings. The zero-order valence-corrected chi connectivity index (χ0v) is 19.0. The number of nitrogens with zero attached hydrogens (tertiary/aromatic N) is 4. The zero-order valence-electron chi connectivity index (χ0n) is 19.0. The van der Waals surface area contributed by atoms with E-state index in [-0.39, 0.29) is 11.9 Å². The predicted octanol–water partition coefficient (Wildman–Crippen LogP) is 3.85. The summed E-state index contributed by atoms with van der Waals surface area (Å²) < 4.78 is 6.14. The van der Waals surface area contributed by atoms with Crippen LogP contribution in [0.3, 0.4) is 0 Å². The topological polar surface area (TPSA) is 74.0 Å². The number of hydrogen-bond acceptors (Lipinski definition) is 6. The van der Waals surface area contributed by atoms with E-state index in [9.17, 15) is 4.79 Å². The summed E-state index contributed by atoms with van der Waals surface area (Å²) in [6.07, 6.45) is 3.37. The average molecular weight is 434 g/mol. The molecule has 1 saturated heterocycles. The fourth-order valence-corrected chi connectivity index (χ4v) is 4.05. The predicted molar refractivity (Wildman–Crippen MR) is 130 cm³/mol. The molecule has 1 aliphatic rings. The fraction of sp³-hybridized carbons (Fsp3) is 0.400. The van der Waals surface area contributed by atoms with E-state index in [4.69, 9.17) is 9.40 Å². The van der Waals surface area contributed by atoms with Crippen molar-refractivity contribution in [2.45, 2.75) is 25.8 Å². The molecule has 7 heteroatoms. The lowest BCUT2D eigenvalue weighted by molar-refractivity contribution is 0.0939. The number of carbonyl (C=O) groups excluding carboxylic acids is 1. The summed E-state index contributed by atoms with van der Waals surface area (Å²) in [5, 5.41) is 3.10. The zero-order chi connectivity index (χ0) is 22.5. The van der Waals surface area contributed by atoms with Gasteiger partial charge < -0.3 is 24.5 Å². The molecule has 0 aliphatic carbocycles. The van der Waals surface area contributed by atoms with E-state index >= 15 is 0 Å². The molecule has 1 unspecified atom stereocenters. The van der Waals surface area contributed by atoms with Gasteiger partial charge in [0, 0.05) is 57.6 Å². The first-order chi connectivity index (χ1) is 15.6. The van der Waals surface area contributed by atoms with Gasteiger partial charge >= 0.3 is 0 Å². The Bertz CT molecular complexity index is 1100. The van der Waals surface area contributed by atoms with Gasteiger partial charge in [-0.05, 0) is 37.7 Å². The van der Waals surface area contributed by atoms with Crippen molar-refractivity contribution in [1.82, 2.24) is 15.2 Å². The molecule has 7 nitrogen and oxygen atoms in total. The van der Waals surface area contributed by atoms with Crippen molar-refractivity contribution in [1.29, 1.82) is 0 Å². The molecule has 0 radical (unpaired) electrons. The second-order valence-corrected chi connectivity index (χ2v) is 8.23. The van der Waals surface area contributed by atoms with Crippen LogP contribution >= 0.6 is 0 Å². The molecule has 2 aromatic carbocycles. The Morgan fingerprint density at radius 1 is 1.19 bits per heavy atom. The number of aliphatic imine (C=N–C) groups is 1. The number of piperazine rings is 1. The van der Waals surface area contributed by atoms with Crippen LogP contribution in [-0.4, -0.2) is 68.3 Å². The largest absolute Gasteiger partial charge is 0.436 e. The van der Waals surface area contributed by atoms with Crippen LogP contribution in [0.1, 0.15) is 30.1 Å². The molecule has 0 bridgehead atoms. The Hall–Kier alpha value is -3.19. The molecular weight excluding hydrogens is 402 g/mol. The van der Waals surface area contributed by atoms with Gasteiger partial charge in [0.05, 0.1) is 11.1 Å². The molecule has 1 aromatic heterocycles. The SMILES string of the molecule is CCC(CC=NC)NC(=O)c1cccc2oc(-c3ccccc3N3CCN(C)CC3)nc12. The van der Waals surface area contributed by atoms with E-state index in [2.05, 4.69) is 40.1 Å². The van der Waals surface area contributed by atoms with Gasteiger partial charge in [0.15, 0.2) is 5.58 Å². The van der Waals surface area contributed by atoms with Gasteiger partial charge in [0.25, 0.3) is 5.91 Å². The third kappa shape index (κ3) is 4.67. The highest BCUT2D eigenvalue weighted by molar-refractivity contribution is 6.05. The highest BCUT2D eigenvalue weighted by Gasteiger charge is 2.22. The van der Waals surface area contributed by atoms with Gasteiger partial charge in [0.1, 0.15) is 5.52 Å². The number of benzene rings is 2. The highest BCUT2D eigenvalue weighted by atomic mass is 16.3. The number of carbonyl (C=O) groups is 1. The van der Waals surface area contributed by atoms with Crippen LogP contribution in [0.2, 0.25) is 0 Å². The Morgan fingerprint density at radius 3 is 2.72 bits per heavy atom. The van der Waals surface area contributed by atoms with Gasteiger partial charge in [-0.3, -0.25) is 4.79 Å². The molecule has 0 saturated carbocycles. The van der Waals surface area contributed by atoms with Crippen LogP contribution < -0.4 is 10.2 Å². The highest BCUT2D eigenvalue weighted by Crippen LogP contribution is 2.33. The van der Waals surface area contributed by atoms with Crippen molar-refractivity contribution >= 4 is 28.9 Å². The second-order valence-electron chi connectivity index (χ2n) is 8.23. The number of rotatable bonds is 7. The molecule has 1 atom stereocenters. The third-order valence-electron chi connectivity index (χ3n) is 6.04. The standard InChI is InChI=1S/C25H31N5O2/c1-4-18(12-13-26-2)27-24(31)20-9-7-11-22-23(20)28-25(32-22)19-8-5-6-10-21(19)30-16-14-29(3)15-17-30/h5-11,13,18H,4,12,14-17H2,1-3H3,(H,27,31). The number of aromatic nitrogens is 1. The van der Waals surface area contributed by atoms with Crippen LogP contribution in [0.15, 0.2) is 51.9 Å². The molecule has 2 heterocycles. The van der Waals surface area contributed by atoms with Crippen molar-refractivity contribution in [2.75, 3.05) is 45.2 Å². The lowest BCUT2D eigenvalue weighted by Crippen LogP contribution is -2.44. The molecule has 1 aliphatic heterocycles. The number of para-hydroxylation sites is 2. The van der Waals surface area contributed by atoms with Gasteiger partial charge in [-0.15, -0.1) is 0 Å². The smallest absolute Gasteiger partial charge is 0.253 e. The number of fused-ring (bicyclic) bond motifs is 1. The monoisotopic (exact) mass is 433 g/mol. The Morgan fingerprint density at radius 2 is 1.97 bits per heavy atom. The first-order valence-corrected chi connectivity index (χ1v) is 11.2. The summed E-state index contributed by atoms with van der Waals surface area (Å²) in [7, 11) is 3.89. The van der Waals surface area contributed by atoms with Gasteiger partial charge in [-0.25, -0.2) is 4.98 Å². The van der Waals surface area contributed by atoms with Crippen LogP contribution in [-0.2, 0) is 0 Å². The minimum atomic E-state index is -0.140. The maximum Gasteiger partial charge on any atom is 0.253 e. The summed E-state index contributed by atoms with van der Waals surface area (Å²) in [6, 6.07) is 13.7. The van der Waals surface area contributed by atoms with Crippen LogP contribution in [0, 0.1) is 0 Å². The number of hydrogen-bond donors (Lipinski definition) is 1. The quantitative estimate of drug-likeness (QED) is 0.573. The number of oxazole rings is 1. The molecular formula is C25H31N5O2. The van der Waals surface area contributed by atoms with E-state index in [1.807, 2.05) is 36.5 Å². The normalized spacial score (nSPS) is 16.0. The van der Waals surface area contributed by atoms with Crippen molar-refractivity contribution in [3.05, 3.63) is 48.0 Å². The van der Waals surface area contributed by atoms with Crippen LogP contribution in [0.4, 0.5) is 5.69 Å². The molecule has 4 rings (SSSR count). The fourth-order valence-electron chi connectivity index (χ4n) is 4.05. The van der Waals surface area contributed by atoms with E-state index < -0.39 is 0 Å². The number of anilines is 1. The summed E-state index contributed by atoms with van der Waals surface area (Å²) in [4.78, 5) is 26.5. The third-order valence-corrected chi connectivity index (χ3v) is 6.04. The summed E-state index contributed by atoms with van der Waals surface area (Å²) >= 11 is 0. The maximum absolute atomic E-state index is 13.0. The van der Waals surface area contributed by atoms with E-state index in [1.165, 1.54) is 0 Å². The first-order valence-electron chi connectivity index (χ1n) is 11.2. The van der Waals surface area contributed by atoms with Crippen molar-refractivity contribution in [2.24, 2.45) is 4.99 Å². The Labute approximate surface area is 189 Å². The summed E-state index contributed by atoms with van der Waals surface area (Å²) in [6.45, 7) is 6.02. The van der Waals surface area contributed by atoms with Gasteiger partial charge in [-0.2, -0.15) is 0 Å². The maximum atomic E-state index is 13.0. The van der Waals surface area contributed by atoms with E-state index in [0.29, 0.717) is 29.0 Å².